The van der Waals surface area contributed by atoms with Gasteiger partial charge in [-0.2, -0.15) is 4.24 Å². The molecule has 2 aromatic heterocycles. The van der Waals surface area contributed by atoms with E-state index in [1.54, 1.807) is 0 Å². The van der Waals surface area contributed by atoms with Gasteiger partial charge in [-0.1, -0.05) is 72.8 Å². The lowest BCUT2D eigenvalue weighted by Crippen LogP contribution is -2.38. The minimum Gasteiger partial charge on any atom is -0.305 e. The van der Waals surface area contributed by atoms with Crippen molar-refractivity contribution < 1.29 is 4.24 Å². The first-order valence-corrected chi connectivity index (χ1v) is 9.69. The Kier molecular flexibility index (Phi) is 3.26. The molecule has 1 aliphatic heterocycles. The molecule has 0 fully saturated rings. The standard InChI is InChI=1S/C26H19N2/c1-3-9-19(10-4-1)21-17-25-26-22(20-11-5-2-6-12-20)15-16-27(26)23-13-7-8-14-24(23)28(25)18-21/h1-14,16-18H,15H2/q+1. The van der Waals surface area contributed by atoms with Crippen molar-refractivity contribution in [2.24, 2.45) is 0 Å². The minimum absolute atomic E-state index is 0.944. The molecule has 0 aliphatic carbocycles. The third-order valence-electron chi connectivity index (χ3n) is 5.70. The average Bonchev–Trinajstić information content (AvgIpc) is 3.40. The van der Waals surface area contributed by atoms with Gasteiger partial charge in [-0.25, -0.2) is 0 Å². The first-order chi connectivity index (χ1) is 13.9. The lowest BCUT2D eigenvalue weighted by Gasteiger charge is -2.01. The zero-order valence-electron chi connectivity index (χ0n) is 15.4. The maximum Gasteiger partial charge on any atom is 0.239 e. The van der Waals surface area contributed by atoms with Gasteiger partial charge in [0.1, 0.15) is 11.0 Å². The summed E-state index contributed by atoms with van der Waals surface area (Å²) in [7, 11) is 0. The van der Waals surface area contributed by atoms with Crippen molar-refractivity contribution in [3.05, 3.63) is 114 Å². The third-order valence-corrected chi connectivity index (χ3v) is 5.70. The highest BCUT2D eigenvalue weighted by Gasteiger charge is 2.22. The van der Waals surface area contributed by atoms with Crippen molar-refractivity contribution in [1.82, 2.24) is 4.40 Å². The van der Waals surface area contributed by atoms with Crippen molar-refractivity contribution in [3.63, 3.8) is 0 Å². The fraction of sp³-hybridized carbons (Fsp3) is 0.0385. The molecule has 0 N–H and O–H groups in total. The van der Waals surface area contributed by atoms with E-state index in [0.29, 0.717) is 0 Å². The largest absolute Gasteiger partial charge is 0.305 e. The van der Waals surface area contributed by atoms with E-state index in [-0.39, 0.29) is 0 Å². The summed E-state index contributed by atoms with van der Waals surface area (Å²) < 4.78 is 4.73. The topological polar surface area (TPSA) is 10.3 Å². The molecule has 132 valence electrons. The second-order valence-electron chi connectivity index (χ2n) is 7.29. The summed E-state index contributed by atoms with van der Waals surface area (Å²) in [4.78, 5) is 0. The average molecular weight is 359 g/mol. The van der Waals surface area contributed by atoms with Crippen molar-refractivity contribution in [3.8, 4) is 11.1 Å². The van der Waals surface area contributed by atoms with Gasteiger partial charge in [-0.3, -0.25) is 0 Å². The predicted octanol–water partition coefficient (Wildman–Crippen LogP) is 4.66. The van der Waals surface area contributed by atoms with Crippen LogP contribution in [0.5, 0.6) is 0 Å². The summed E-state index contributed by atoms with van der Waals surface area (Å²) in [6.07, 6.45) is 5.53. The van der Waals surface area contributed by atoms with Gasteiger partial charge < -0.3 is 4.40 Å². The molecule has 0 atom stereocenters. The third kappa shape index (κ3) is 2.18. The zero-order chi connectivity index (χ0) is 18.5. The van der Waals surface area contributed by atoms with Crippen LogP contribution in [0.15, 0.2) is 97.2 Å². The van der Waals surface area contributed by atoms with Crippen LogP contribution in [0.2, 0.25) is 0 Å². The number of para-hydroxylation sites is 2. The second kappa shape index (κ2) is 5.93. The Labute approximate surface area is 163 Å². The van der Waals surface area contributed by atoms with Gasteiger partial charge in [0.05, 0.1) is 6.42 Å². The highest BCUT2D eigenvalue weighted by atomic mass is 15.0. The van der Waals surface area contributed by atoms with Crippen LogP contribution in [-0.2, 0) is 0 Å². The number of nitrogens with zero attached hydrogens (tertiary/aromatic N) is 2. The smallest absolute Gasteiger partial charge is 0.239 e. The molecule has 2 nitrogen and oxygen atoms in total. The van der Waals surface area contributed by atoms with Gasteiger partial charge in [-0.05, 0) is 23.3 Å². The predicted molar refractivity (Wildman–Crippen MR) is 113 cm³/mol. The highest BCUT2D eigenvalue weighted by Crippen LogP contribution is 2.25. The van der Waals surface area contributed by atoms with E-state index in [4.69, 9.17) is 0 Å². The van der Waals surface area contributed by atoms with Crippen LogP contribution < -0.4 is 9.59 Å². The van der Waals surface area contributed by atoms with E-state index in [9.17, 15) is 0 Å². The van der Waals surface area contributed by atoms with Gasteiger partial charge in [-0.15, -0.1) is 0 Å². The summed E-state index contributed by atoms with van der Waals surface area (Å²) >= 11 is 0. The SMILES string of the molecule is C1=[n+]2c(c3cc(-c4ccccc4)cn3c3ccccc32)=C(c2ccccc2)C1. The number of aromatic nitrogens is 2. The monoisotopic (exact) mass is 359 g/mol. The molecule has 2 heteroatoms. The number of rotatable bonds is 2. The highest BCUT2D eigenvalue weighted by molar-refractivity contribution is 5.82. The molecule has 0 unspecified atom stereocenters. The van der Waals surface area contributed by atoms with Crippen molar-refractivity contribution in [1.29, 1.82) is 0 Å². The van der Waals surface area contributed by atoms with Gasteiger partial charge in [0.15, 0.2) is 6.21 Å². The maximum atomic E-state index is 2.38. The maximum absolute atomic E-state index is 2.38. The molecular weight excluding hydrogens is 340 g/mol. The van der Waals surface area contributed by atoms with Crippen LogP contribution in [0.4, 0.5) is 0 Å². The van der Waals surface area contributed by atoms with Crippen molar-refractivity contribution in [2.45, 2.75) is 6.42 Å². The molecule has 0 radical (unpaired) electrons. The minimum atomic E-state index is 0.944. The molecule has 6 rings (SSSR count). The van der Waals surface area contributed by atoms with E-state index in [1.165, 1.54) is 44.2 Å². The molecule has 28 heavy (non-hydrogen) atoms. The Hall–Kier alpha value is -3.65. The Morgan fingerprint density at radius 3 is 2.11 bits per heavy atom. The quantitative estimate of drug-likeness (QED) is 0.406. The number of hydrogen-bond acceptors (Lipinski definition) is 0. The molecule has 3 heterocycles. The molecule has 3 aromatic carbocycles. The molecule has 0 bridgehead atoms. The Balaban J connectivity index is 1.81. The molecular formula is C26H19N2+. The first-order valence-electron chi connectivity index (χ1n) is 9.69. The Morgan fingerprint density at radius 2 is 1.32 bits per heavy atom. The fourth-order valence-electron chi connectivity index (χ4n) is 4.41. The fourth-order valence-corrected chi connectivity index (χ4v) is 4.41. The van der Waals surface area contributed by atoms with Crippen LogP contribution >= 0.6 is 0 Å². The van der Waals surface area contributed by atoms with Crippen LogP contribution in [0.1, 0.15) is 12.0 Å². The molecule has 0 saturated heterocycles. The van der Waals surface area contributed by atoms with Crippen molar-refractivity contribution >= 4 is 22.1 Å². The molecule has 0 saturated carbocycles. The summed E-state index contributed by atoms with van der Waals surface area (Å²) in [6.45, 7) is 0. The number of fused-ring (bicyclic) bond motifs is 6. The van der Waals surface area contributed by atoms with Crippen LogP contribution in [0.3, 0.4) is 0 Å². The van der Waals surface area contributed by atoms with Gasteiger partial charge >= 0.3 is 0 Å². The van der Waals surface area contributed by atoms with E-state index < -0.39 is 0 Å². The lowest BCUT2D eigenvalue weighted by molar-refractivity contribution is -0.490. The summed E-state index contributed by atoms with van der Waals surface area (Å²) in [5.41, 5.74) is 8.90. The van der Waals surface area contributed by atoms with E-state index >= 15 is 0 Å². The Bertz CT molecular complexity index is 1460. The van der Waals surface area contributed by atoms with E-state index in [1.807, 2.05) is 0 Å². The van der Waals surface area contributed by atoms with Gasteiger partial charge in [0, 0.05) is 23.4 Å². The molecule has 5 aromatic rings. The number of hydrogen-bond donors (Lipinski definition) is 0. The van der Waals surface area contributed by atoms with Crippen LogP contribution in [-0.4, -0.2) is 4.40 Å². The van der Waals surface area contributed by atoms with E-state index in [2.05, 4.69) is 112 Å². The van der Waals surface area contributed by atoms with Gasteiger partial charge in [0.2, 0.25) is 10.9 Å². The number of benzene rings is 3. The summed E-state index contributed by atoms with van der Waals surface area (Å²) in [6, 6.07) is 32.4. The van der Waals surface area contributed by atoms with Crippen LogP contribution in [0, 0.1) is 6.21 Å². The second-order valence-corrected chi connectivity index (χ2v) is 7.29. The van der Waals surface area contributed by atoms with Gasteiger partial charge in [0.25, 0.3) is 0 Å². The van der Waals surface area contributed by atoms with Crippen LogP contribution in [0.25, 0.3) is 33.3 Å². The molecule has 0 spiro atoms. The zero-order valence-corrected chi connectivity index (χ0v) is 15.4. The first kappa shape index (κ1) is 15.4. The van der Waals surface area contributed by atoms with E-state index in [0.717, 1.165) is 6.42 Å². The summed E-state index contributed by atoms with van der Waals surface area (Å²) in [5, 5.41) is 1.30. The normalized spacial score (nSPS) is 13.1. The molecule has 0 amide bonds. The summed E-state index contributed by atoms with van der Waals surface area (Å²) in [5.74, 6) is 0. The Morgan fingerprint density at radius 1 is 0.643 bits per heavy atom. The van der Waals surface area contributed by atoms with Crippen molar-refractivity contribution in [2.75, 3.05) is 0 Å². The lowest BCUT2D eigenvalue weighted by atomic mass is 10.0. The molecule has 1 aliphatic rings.